The van der Waals surface area contributed by atoms with Gasteiger partial charge in [-0.1, -0.05) is 6.07 Å². The van der Waals surface area contributed by atoms with Gasteiger partial charge in [-0.15, -0.1) is 0 Å². The molecule has 3 aromatic rings. The molecule has 1 N–H and O–H groups in total. The van der Waals surface area contributed by atoms with Crippen LogP contribution in [0.2, 0.25) is 0 Å². The van der Waals surface area contributed by atoms with E-state index < -0.39 is 0 Å². The summed E-state index contributed by atoms with van der Waals surface area (Å²) in [5.41, 5.74) is 2.14. The van der Waals surface area contributed by atoms with Crippen LogP contribution in [-0.2, 0) is 6.54 Å². The third-order valence-electron chi connectivity index (χ3n) is 5.32. The molecule has 1 fully saturated rings. The second kappa shape index (κ2) is 8.94. The van der Waals surface area contributed by atoms with Crippen molar-refractivity contribution in [2.75, 3.05) is 38.1 Å². The number of aromatic nitrogens is 3. The number of guanidine groups is 1. The Morgan fingerprint density at radius 1 is 1.07 bits per heavy atom. The highest BCUT2D eigenvalue weighted by Crippen LogP contribution is 2.17. The predicted molar refractivity (Wildman–Crippen MR) is 116 cm³/mol. The van der Waals surface area contributed by atoms with E-state index in [0.717, 1.165) is 55.0 Å². The standard InChI is InChI=1S/C22H26FN7/c1-17-25-9-10-30(17)21-8-3-18(15-26-21)16-27-22(24-2)29-13-11-28(12-14-29)20-6-4-19(23)5-7-20/h3-10,15H,11-14,16H2,1-2H3,(H,24,27). The van der Waals surface area contributed by atoms with Crippen LogP contribution in [0.3, 0.4) is 0 Å². The Labute approximate surface area is 175 Å². The molecule has 7 nitrogen and oxygen atoms in total. The largest absolute Gasteiger partial charge is 0.368 e. The van der Waals surface area contributed by atoms with Gasteiger partial charge in [0.1, 0.15) is 17.5 Å². The summed E-state index contributed by atoms with van der Waals surface area (Å²) < 4.78 is 15.1. The van der Waals surface area contributed by atoms with E-state index >= 15 is 0 Å². The van der Waals surface area contributed by atoms with Crippen molar-refractivity contribution < 1.29 is 4.39 Å². The molecule has 1 aliphatic rings. The van der Waals surface area contributed by atoms with Gasteiger partial charge in [-0.05, 0) is 42.8 Å². The van der Waals surface area contributed by atoms with Gasteiger partial charge in [0, 0.05) is 64.0 Å². The first kappa shape index (κ1) is 19.9. The Morgan fingerprint density at radius 3 is 2.43 bits per heavy atom. The summed E-state index contributed by atoms with van der Waals surface area (Å²) in [5, 5.41) is 3.43. The van der Waals surface area contributed by atoms with Crippen LogP contribution in [0, 0.1) is 12.7 Å². The zero-order valence-electron chi connectivity index (χ0n) is 17.3. The van der Waals surface area contributed by atoms with Crippen molar-refractivity contribution in [2.24, 2.45) is 4.99 Å². The van der Waals surface area contributed by atoms with Crippen LogP contribution >= 0.6 is 0 Å². The number of imidazole rings is 1. The molecule has 4 rings (SSSR count). The van der Waals surface area contributed by atoms with Crippen LogP contribution in [0.5, 0.6) is 0 Å². The van der Waals surface area contributed by atoms with Gasteiger partial charge < -0.3 is 15.1 Å². The fourth-order valence-electron chi connectivity index (χ4n) is 3.63. The summed E-state index contributed by atoms with van der Waals surface area (Å²) in [6, 6.07) is 10.7. The summed E-state index contributed by atoms with van der Waals surface area (Å²) in [6.07, 6.45) is 5.55. The third kappa shape index (κ3) is 4.42. The number of anilines is 1. The maximum Gasteiger partial charge on any atom is 0.194 e. The normalized spacial score (nSPS) is 14.8. The molecule has 0 bridgehead atoms. The Kier molecular flexibility index (Phi) is 5.92. The lowest BCUT2D eigenvalue weighted by atomic mass is 10.2. The number of hydrogen-bond donors (Lipinski definition) is 1. The second-order valence-electron chi connectivity index (χ2n) is 7.22. The lowest BCUT2D eigenvalue weighted by Crippen LogP contribution is -2.52. The molecule has 1 saturated heterocycles. The third-order valence-corrected chi connectivity index (χ3v) is 5.32. The summed E-state index contributed by atoms with van der Waals surface area (Å²) in [7, 11) is 1.80. The summed E-state index contributed by atoms with van der Waals surface area (Å²) in [6.45, 7) is 6.06. The van der Waals surface area contributed by atoms with Gasteiger partial charge in [0.05, 0.1) is 0 Å². The van der Waals surface area contributed by atoms with Crippen molar-refractivity contribution in [3.05, 3.63) is 72.2 Å². The fraction of sp³-hybridized carbons (Fsp3) is 0.318. The van der Waals surface area contributed by atoms with Crippen molar-refractivity contribution in [2.45, 2.75) is 13.5 Å². The summed E-state index contributed by atoms with van der Waals surface area (Å²) in [5.74, 6) is 2.44. The van der Waals surface area contributed by atoms with Gasteiger partial charge in [0.15, 0.2) is 5.96 Å². The van der Waals surface area contributed by atoms with E-state index in [9.17, 15) is 4.39 Å². The topological polar surface area (TPSA) is 61.6 Å². The molecule has 0 amide bonds. The number of hydrogen-bond acceptors (Lipinski definition) is 4. The van der Waals surface area contributed by atoms with E-state index in [0.29, 0.717) is 6.54 Å². The molecule has 3 heterocycles. The minimum atomic E-state index is -0.204. The number of nitrogens with one attached hydrogen (secondary N) is 1. The monoisotopic (exact) mass is 407 g/mol. The average molecular weight is 407 g/mol. The number of nitrogens with zero attached hydrogens (tertiary/aromatic N) is 6. The molecule has 30 heavy (non-hydrogen) atoms. The van der Waals surface area contributed by atoms with Crippen molar-refractivity contribution >= 4 is 11.6 Å². The maximum absolute atomic E-state index is 13.1. The first-order chi connectivity index (χ1) is 14.6. The minimum Gasteiger partial charge on any atom is -0.368 e. The maximum atomic E-state index is 13.1. The first-order valence-electron chi connectivity index (χ1n) is 10.1. The quantitative estimate of drug-likeness (QED) is 0.532. The van der Waals surface area contributed by atoms with E-state index in [1.807, 2.05) is 42.1 Å². The average Bonchev–Trinajstić information content (AvgIpc) is 3.21. The molecule has 156 valence electrons. The van der Waals surface area contributed by atoms with E-state index in [-0.39, 0.29) is 5.82 Å². The first-order valence-corrected chi connectivity index (χ1v) is 10.1. The smallest absolute Gasteiger partial charge is 0.194 e. The fourth-order valence-corrected chi connectivity index (χ4v) is 3.63. The van der Waals surface area contributed by atoms with Crippen LogP contribution < -0.4 is 10.2 Å². The molecule has 0 atom stereocenters. The van der Waals surface area contributed by atoms with Crippen LogP contribution in [0.25, 0.3) is 5.82 Å². The zero-order valence-corrected chi connectivity index (χ0v) is 17.3. The molecule has 2 aromatic heterocycles. The van der Waals surface area contributed by atoms with E-state index in [4.69, 9.17) is 0 Å². The van der Waals surface area contributed by atoms with E-state index in [2.05, 4.69) is 36.1 Å². The van der Waals surface area contributed by atoms with Gasteiger partial charge in [-0.3, -0.25) is 9.56 Å². The second-order valence-corrected chi connectivity index (χ2v) is 7.22. The molecule has 0 unspecified atom stereocenters. The lowest BCUT2D eigenvalue weighted by Gasteiger charge is -2.37. The van der Waals surface area contributed by atoms with E-state index in [1.165, 1.54) is 12.1 Å². The van der Waals surface area contributed by atoms with Crippen LogP contribution in [0.4, 0.5) is 10.1 Å². The van der Waals surface area contributed by atoms with Crippen molar-refractivity contribution in [3.63, 3.8) is 0 Å². The molecule has 0 spiro atoms. The Balaban J connectivity index is 1.31. The van der Waals surface area contributed by atoms with Gasteiger partial charge >= 0.3 is 0 Å². The molecule has 0 radical (unpaired) electrons. The highest BCUT2D eigenvalue weighted by Gasteiger charge is 2.19. The number of aliphatic imine (C=N–C) groups is 1. The number of piperazine rings is 1. The predicted octanol–water partition coefficient (Wildman–Crippen LogP) is 2.61. The number of rotatable bonds is 4. The molecule has 1 aromatic carbocycles. The molecule has 0 aliphatic carbocycles. The lowest BCUT2D eigenvalue weighted by molar-refractivity contribution is 0.372. The highest BCUT2D eigenvalue weighted by molar-refractivity contribution is 5.80. The van der Waals surface area contributed by atoms with Crippen molar-refractivity contribution in [3.8, 4) is 5.82 Å². The summed E-state index contributed by atoms with van der Waals surface area (Å²) in [4.78, 5) is 17.7. The van der Waals surface area contributed by atoms with Gasteiger partial charge in [0.25, 0.3) is 0 Å². The molecule has 0 saturated carbocycles. The molecule has 1 aliphatic heterocycles. The number of halogens is 1. The SMILES string of the molecule is CN=C(NCc1ccc(-n2ccnc2C)nc1)N1CCN(c2ccc(F)cc2)CC1. The number of benzene rings is 1. The summed E-state index contributed by atoms with van der Waals surface area (Å²) >= 11 is 0. The molecular formula is C22H26FN7. The van der Waals surface area contributed by atoms with Crippen LogP contribution in [0.15, 0.2) is 60.0 Å². The number of pyridine rings is 1. The zero-order chi connectivity index (χ0) is 20.9. The van der Waals surface area contributed by atoms with Gasteiger partial charge in [0.2, 0.25) is 0 Å². The molecule has 8 heteroatoms. The van der Waals surface area contributed by atoms with Gasteiger partial charge in [-0.25, -0.2) is 14.4 Å². The number of aryl methyl sites for hydroxylation is 1. The van der Waals surface area contributed by atoms with Crippen molar-refractivity contribution in [1.82, 2.24) is 24.8 Å². The van der Waals surface area contributed by atoms with Crippen molar-refractivity contribution in [1.29, 1.82) is 0 Å². The Morgan fingerprint density at radius 2 is 1.83 bits per heavy atom. The van der Waals surface area contributed by atoms with E-state index in [1.54, 1.807) is 13.2 Å². The van der Waals surface area contributed by atoms with Crippen LogP contribution in [0.1, 0.15) is 11.4 Å². The van der Waals surface area contributed by atoms with Crippen LogP contribution in [-0.4, -0.2) is 58.6 Å². The Bertz CT molecular complexity index is 987. The Hall–Kier alpha value is -3.42. The highest BCUT2D eigenvalue weighted by atomic mass is 19.1. The minimum absolute atomic E-state index is 0.204. The molecular weight excluding hydrogens is 381 g/mol. The van der Waals surface area contributed by atoms with Gasteiger partial charge in [-0.2, -0.15) is 0 Å².